The summed E-state index contributed by atoms with van der Waals surface area (Å²) in [6.07, 6.45) is 1.74. The molecule has 0 aliphatic carbocycles. The summed E-state index contributed by atoms with van der Waals surface area (Å²) >= 11 is 1.82. The number of aliphatic imine (C=N–C) groups is 1. The average molecular weight is 299 g/mol. The summed E-state index contributed by atoms with van der Waals surface area (Å²) in [5, 5.41) is 4.61. The van der Waals surface area contributed by atoms with Crippen LogP contribution in [0.4, 0.5) is 4.79 Å². The molecule has 2 rings (SSSR count). The number of likely N-dealkylation sites (tertiary alicyclic amines) is 1. The van der Waals surface area contributed by atoms with Gasteiger partial charge in [-0.25, -0.2) is 4.79 Å². The first-order chi connectivity index (χ1) is 9.60. The van der Waals surface area contributed by atoms with Gasteiger partial charge in [-0.05, 0) is 25.7 Å². The highest BCUT2D eigenvalue weighted by atomic mass is 32.2. The molecule has 1 saturated heterocycles. The molecule has 0 aromatic rings. The first kappa shape index (κ1) is 15.5. The van der Waals surface area contributed by atoms with Crippen molar-refractivity contribution in [1.29, 1.82) is 0 Å². The predicted octanol–water partition coefficient (Wildman–Crippen LogP) is 2.32. The summed E-state index contributed by atoms with van der Waals surface area (Å²) in [5.74, 6) is 1.69. The number of carbonyl (C=O) groups excluding carboxylic acids is 1. The average Bonchev–Trinajstić information content (AvgIpc) is 2.88. The zero-order valence-corrected chi connectivity index (χ0v) is 13.4. The van der Waals surface area contributed by atoms with Crippen LogP contribution in [-0.2, 0) is 4.74 Å². The van der Waals surface area contributed by atoms with Crippen LogP contribution in [0.15, 0.2) is 4.99 Å². The van der Waals surface area contributed by atoms with Crippen LogP contribution in [0.3, 0.4) is 0 Å². The van der Waals surface area contributed by atoms with Gasteiger partial charge in [0.1, 0.15) is 0 Å². The summed E-state index contributed by atoms with van der Waals surface area (Å²) < 4.78 is 5.03. The van der Waals surface area contributed by atoms with E-state index in [1.54, 1.807) is 4.90 Å². The van der Waals surface area contributed by atoms with Crippen LogP contribution in [0.1, 0.15) is 33.6 Å². The van der Waals surface area contributed by atoms with Gasteiger partial charge in [0.15, 0.2) is 5.17 Å². The normalized spacial score (nSPS) is 23.9. The Labute approximate surface area is 125 Å². The van der Waals surface area contributed by atoms with Gasteiger partial charge in [-0.1, -0.05) is 25.6 Å². The first-order valence-corrected chi connectivity index (χ1v) is 8.47. The van der Waals surface area contributed by atoms with Crippen molar-refractivity contribution < 1.29 is 9.53 Å². The summed E-state index contributed by atoms with van der Waals surface area (Å²) in [6.45, 7) is 8.25. The Bertz CT molecular complexity index is 365. The van der Waals surface area contributed by atoms with Gasteiger partial charge in [0.25, 0.3) is 0 Å². The molecule has 2 aliphatic rings. The monoisotopic (exact) mass is 299 g/mol. The van der Waals surface area contributed by atoms with Crippen molar-refractivity contribution >= 4 is 23.0 Å². The van der Waals surface area contributed by atoms with Crippen LogP contribution < -0.4 is 5.32 Å². The van der Waals surface area contributed by atoms with E-state index in [1.165, 1.54) is 0 Å². The van der Waals surface area contributed by atoms with Gasteiger partial charge < -0.3 is 15.0 Å². The molecule has 0 spiro atoms. The molecule has 1 amide bonds. The van der Waals surface area contributed by atoms with Gasteiger partial charge in [0.2, 0.25) is 0 Å². The van der Waals surface area contributed by atoms with Gasteiger partial charge in [-0.15, -0.1) is 0 Å². The summed E-state index contributed by atoms with van der Waals surface area (Å²) in [5.41, 5.74) is 0. The van der Waals surface area contributed by atoms with E-state index in [0.29, 0.717) is 24.6 Å². The van der Waals surface area contributed by atoms with E-state index in [4.69, 9.17) is 9.73 Å². The Kier molecular flexibility index (Phi) is 5.57. The number of hydrogen-bond donors (Lipinski definition) is 1. The van der Waals surface area contributed by atoms with Crippen molar-refractivity contribution in [2.75, 3.05) is 25.4 Å². The molecule has 0 unspecified atom stereocenters. The Balaban J connectivity index is 1.75. The standard InChI is InChI=1S/C14H25N3O2S/c1-4-19-14(18)17-7-5-11(6-8-17)15-13-16-12(9-20-13)10(2)3/h10-12H,4-9H2,1-3H3,(H,15,16)/t12-/m1/s1. The second-order valence-electron chi connectivity index (χ2n) is 5.66. The number of nitrogens with zero attached hydrogens (tertiary/aromatic N) is 2. The SMILES string of the molecule is CCOC(=O)N1CCC(NC2=N[C@@H](C(C)C)CS2)CC1. The lowest BCUT2D eigenvalue weighted by atomic mass is 10.1. The van der Waals surface area contributed by atoms with E-state index >= 15 is 0 Å². The van der Waals surface area contributed by atoms with Crippen molar-refractivity contribution in [3.05, 3.63) is 0 Å². The highest BCUT2D eigenvalue weighted by Crippen LogP contribution is 2.23. The van der Waals surface area contributed by atoms with Crippen LogP contribution >= 0.6 is 11.8 Å². The van der Waals surface area contributed by atoms with E-state index in [2.05, 4.69) is 19.2 Å². The molecule has 2 heterocycles. The van der Waals surface area contributed by atoms with Crippen LogP contribution in [0.2, 0.25) is 0 Å². The molecule has 0 saturated carbocycles. The van der Waals surface area contributed by atoms with Gasteiger partial charge in [0.05, 0.1) is 12.6 Å². The molecule has 0 aromatic carbocycles. The minimum atomic E-state index is -0.182. The van der Waals surface area contributed by atoms with Crippen molar-refractivity contribution in [2.24, 2.45) is 10.9 Å². The van der Waals surface area contributed by atoms with E-state index in [0.717, 1.165) is 36.9 Å². The lowest BCUT2D eigenvalue weighted by molar-refractivity contribution is 0.0964. The number of nitrogens with one attached hydrogen (secondary N) is 1. The summed E-state index contributed by atoms with van der Waals surface area (Å²) in [6, 6.07) is 0.875. The lowest BCUT2D eigenvalue weighted by Crippen LogP contribution is -2.46. The highest BCUT2D eigenvalue weighted by molar-refractivity contribution is 8.14. The molecule has 6 heteroatoms. The number of piperidine rings is 1. The largest absolute Gasteiger partial charge is 0.450 e. The minimum absolute atomic E-state index is 0.182. The molecule has 1 atom stereocenters. The maximum absolute atomic E-state index is 11.6. The van der Waals surface area contributed by atoms with E-state index < -0.39 is 0 Å². The molecule has 114 valence electrons. The van der Waals surface area contributed by atoms with E-state index in [1.807, 2.05) is 18.7 Å². The third kappa shape index (κ3) is 4.04. The van der Waals surface area contributed by atoms with Crippen LogP contribution in [0, 0.1) is 5.92 Å². The molecule has 1 N–H and O–H groups in total. The fraction of sp³-hybridized carbons (Fsp3) is 0.857. The predicted molar refractivity (Wildman–Crippen MR) is 83.3 cm³/mol. The zero-order valence-electron chi connectivity index (χ0n) is 12.6. The molecule has 1 fully saturated rings. The number of ether oxygens (including phenoxy) is 1. The zero-order chi connectivity index (χ0) is 14.5. The second-order valence-corrected chi connectivity index (χ2v) is 6.67. The quantitative estimate of drug-likeness (QED) is 0.869. The number of amides is 1. The van der Waals surface area contributed by atoms with Crippen LogP contribution in [0.5, 0.6) is 0 Å². The topological polar surface area (TPSA) is 53.9 Å². The smallest absolute Gasteiger partial charge is 0.409 e. The van der Waals surface area contributed by atoms with E-state index in [-0.39, 0.29) is 6.09 Å². The highest BCUT2D eigenvalue weighted by Gasteiger charge is 2.26. The molecule has 2 aliphatic heterocycles. The van der Waals surface area contributed by atoms with Gasteiger partial charge in [-0.2, -0.15) is 0 Å². The van der Waals surface area contributed by atoms with Crippen molar-refractivity contribution in [1.82, 2.24) is 10.2 Å². The summed E-state index contributed by atoms with van der Waals surface area (Å²) in [7, 11) is 0. The van der Waals surface area contributed by atoms with Gasteiger partial charge in [0, 0.05) is 24.9 Å². The second kappa shape index (κ2) is 7.20. The number of carbonyl (C=O) groups is 1. The maximum Gasteiger partial charge on any atom is 0.409 e. The number of amidine groups is 1. The van der Waals surface area contributed by atoms with Crippen molar-refractivity contribution in [2.45, 2.75) is 45.7 Å². The number of hydrogen-bond acceptors (Lipinski definition) is 5. The lowest BCUT2D eigenvalue weighted by Gasteiger charge is -2.31. The molecular formula is C14H25N3O2S. The van der Waals surface area contributed by atoms with Crippen molar-refractivity contribution in [3.63, 3.8) is 0 Å². The van der Waals surface area contributed by atoms with E-state index in [9.17, 15) is 4.79 Å². The first-order valence-electron chi connectivity index (χ1n) is 7.49. The third-order valence-electron chi connectivity index (χ3n) is 3.79. The van der Waals surface area contributed by atoms with Crippen molar-refractivity contribution in [3.8, 4) is 0 Å². The molecule has 0 radical (unpaired) electrons. The Hall–Kier alpha value is -0.910. The minimum Gasteiger partial charge on any atom is -0.450 e. The van der Waals surface area contributed by atoms with Crippen LogP contribution in [-0.4, -0.2) is 53.7 Å². The van der Waals surface area contributed by atoms with Gasteiger partial charge >= 0.3 is 6.09 Å². The Morgan fingerprint density at radius 1 is 1.50 bits per heavy atom. The molecular weight excluding hydrogens is 274 g/mol. The Morgan fingerprint density at radius 2 is 2.20 bits per heavy atom. The molecule has 20 heavy (non-hydrogen) atoms. The fourth-order valence-corrected chi connectivity index (χ4v) is 3.65. The maximum atomic E-state index is 11.6. The Morgan fingerprint density at radius 3 is 2.75 bits per heavy atom. The fourth-order valence-electron chi connectivity index (χ4n) is 2.41. The number of rotatable bonds is 3. The molecule has 0 aromatic heterocycles. The molecule has 0 bridgehead atoms. The third-order valence-corrected chi connectivity index (χ3v) is 4.80. The molecule has 5 nitrogen and oxygen atoms in total. The number of thioether (sulfide) groups is 1. The summed E-state index contributed by atoms with van der Waals surface area (Å²) in [4.78, 5) is 18.1. The van der Waals surface area contributed by atoms with Crippen LogP contribution in [0.25, 0.3) is 0 Å². The van der Waals surface area contributed by atoms with Gasteiger partial charge in [-0.3, -0.25) is 4.99 Å².